The Morgan fingerprint density at radius 2 is 1.71 bits per heavy atom. The van der Waals surface area contributed by atoms with E-state index < -0.39 is 0 Å². The Morgan fingerprint density at radius 3 is 2.38 bits per heavy atom. The van der Waals surface area contributed by atoms with Gasteiger partial charge in [-0.3, -0.25) is 4.79 Å². The molecule has 1 amide bonds. The van der Waals surface area contributed by atoms with Crippen LogP contribution in [0, 0.1) is 5.92 Å². The zero-order valence-corrected chi connectivity index (χ0v) is 21.0. The third-order valence-corrected chi connectivity index (χ3v) is 7.60. The zero-order chi connectivity index (χ0) is 24.0. The van der Waals surface area contributed by atoms with Gasteiger partial charge in [0.1, 0.15) is 0 Å². The number of rotatable bonds is 3. The van der Waals surface area contributed by atoms with Crippen molar-refractivity contribution in [1.82, 2.24) is 0 Å². The van der Waals surface area contributed by atoms with Crippen molar-refractivity contribution in [1.29, 1.82) is 0 Å². The van der Waals surface area contributed by atoms with Crippen molar-refractivity contribution in [2.45, 2.75) is 44.6 Å². The molecule has 1 aliphatic carbocycles. The van der Waals surface area contributed by atoms with Gasteiger partial charge in [-0.2, -0.15) is 0 Å². The molecule has 3 unspecified atom stereocenters. The summed E-state index contributed by atoms with van der Waals surface area (Å²) in [6.07, 6.45) is 5.44. The standard InChI is InChI=1S/C29H28Cl2N2O/c1-29(2,3)18-12-10-17(11-13-18)28(34)32-19-14-15-25-22(16-19)20-6-4-7-21(20)27(33-25)26-23(30)8-5-9-24(26)31/h4-6,8-16,20-21,27,33H,7H2,1-3H3,(H,32,34). The predicted octanol–water partition coefficient (Wildman–Crippen LogP) is 8.37. The van der Waals surface area contributed by atoms with Crippen molar-refractivity contribution in [3.63, 3.8) is 0 Å². The number of anilines is 2. The minimum atomic E-state index is -0.108. The maximum atomic E-state index is 12.9. The first-order valence-electron chi connectivity index (χ1n) is 11.7. The van der Waals surface area contributed by atoms with Crippen molar-refractivity contribution in [3.05, 3.63) is 105 Å². The van der Waals surface area contributed by atoms with Crippen LogP contribution in [0.15, 0.2) is 72.8 Å². The second kappa shape index (κ2) is 8.79. The maximum absolute atomic E-state index is 12.9. The highest BCUT2D eigenvalue weighted by molar-refractivity contribution is 6.36. The number of hydrogen-bond donors (Lipinski definition) is 2. The van der Waals surface area contributed by atoms with Gasteiger partial charge in [0.25, 0.3) is 5.91 Å². The van der Waals surface area contributed by atoms with E-state index in [1.165, 1.54) is 11.1 Å². The molecule has 5 heteroatoms. The first-order valence-corrected chi connectivity index (χ1v) is 12.4. The molecule has 1 heterocycles. The number of halogens is 2. The third kappa shape index (κ3) is 4.23. The highest BCUT2D eigenvalue weighted by Gasteiger charge is 2.39. The Balaban J connectivity index is 1.41. The van der Waals surface area contributed by atoms with E-state index in [-0.39, 0.29) is 23.3 Å². The van der Waals surface area contributed by atoms with Gasteiger partial charge < -0.3 is 10.6 Å². The van der Waals surface area contributed by atoms with Crippen molar-refractivity contribution in [3.8, 4) is 0 Å². The lowest BCUT2D eigenvalue weighted by atomic mass is 9.77. The number of amides is 1. The summed E-state index contributed by atoms with van der Waals surface area (Å²) in [6.45, 7) is 6.49. The van der Waals surface area contributed by atoms with E-state index in [1.807, 2.05) is 54.6 Å². The number of allylic oxidation sites excluding steroid dienone is 2. The van der Waals surface area contributed by atoms with Crippen LogP contribution in [0.2, 0.25) is 10.0 Å². The van der Waals surface area contributed by atoms with Gasteiger partial charge in [0, 0.05) is 38.5 Å². The van der Waals surface area contributed by atoms with Crippen LogP contribution >= 0.6 is 23.2 Å². The fourth-order valence-corrected chi connectivity index (χ4v) is 5.72. The van der Waals surface area contributed by atoms with E-state index in [9.17, 15) is 4.79 Å². The number of carbonyl (C=O) groups is 1. The highest BCUT2D eigenvalue weighted by atomic mass is 35.5. The van der Waals surface area contributed by atoms with Crippen LogP contribution < -0.4 is 10.6 Å². The second-order valence-electron chi connectivity index (χ2n) is 10.2. The lowest BCUT2D eigenvalue weighted by Crippen LogP contribution is -2.29. The number of hydrogen-bond acceptors (Lipinski definition) is 2. The first kappa shape index (κ1) is 23.0. The van der Waals surface area contributed by atoms with E-state index in [2.05, 4.69) is 49.6 Å². The molecule has 0 aromatic heterocycles. The predicted molar refractivity (Wildman–Crippen MR) is 142 cm³/mol. The van der Waals surface area contributed by atoms with Crippen LogP contribution in [0.4, 0.5) is 11.4 Å². The average molecular weight is 491 g/mol. The van der Waals surface area contributed by atoms with E-state index in [4.69, 9.17) is 23.2 Å². The molecule has 0 spiro atoms. The van der Waals surface area contributed by atoms with Gasteiger partial charge in [-0.15, -0.1) is 0 Å². The van der Waals surface area contributed by atoms with Crippen LogP contribution in [0.25, 0.3) is 0 Å². The molecule has 3 atom stereocenters. The summed E-state index contributed by atoms with van der Waals surface area (Å²) in [4.78, 5) is 12.9. The topological polar surface area (TPSA) is 41.1 Å². The Labute approximate surface area is 211 Å². The maximum Gasteiger partial charge on any atom is 0.255 e. The molecular formula is C29H28Cl2N2O. The molecule has 174 valence electrons. The summed E-state index contributed by atoms with van der Waals surface area (Å²) >= 11 is 13.1. The van der Waals surface area contributed by atoms with Gasteiger partial charge in [0.15, 0.2) is 0 Å². The minimum absolute atomic E-state index is 0.0236. The Hall–Kier alpha value is -2.75. The van der Waals surface area contributed by atoms with Gasteiger partial charge in [0.2, 0.25) is 0 Å². The van der Waals surface area contributed by atoms with E-state index in [0.29, 0.717) is 21.5 Å². The molecule has 0 bridgehead atoms. The van der Waals surface area contributed by atoms with Gasteiger partial charge in [-0.25, -0.2) is 0 Å². The fourth-order valence-electron chi connectivity index (χ4n) is 5.09. The number of benzene rings is 3. The molecule has 5 rings (SSSR count). The molecule has 1 aliphatic heterocycles. The number of carbonyl (C=O) groups excluding carboxylic acids is 1. The van der Waals surface area contributed by atoms with Gasteiger partial charge >= 0.3 is 0 Å². The molecule has 2 aliphatic rings. The third-order valence-electron chi connectivity index (χ3n) is 6.94. The zero-order valence-electron chi connectivity index (χ0n) is 19.5. The molecule has 3 aromatic rings. The highest BCUT2D eigenvalue weighted by Crippen LogP contribution is 2.52. The van der Waals surface area contributed by atoms with Crippen LogP contribution in [-0.4, -0.2) is 5.91 Å². The Kier molecular flexibility index (Phi) is 5.95. The molecule has 3 nitrogen and oxygen atoms in total. The molecule has 3 aromatic carbocycles. The lowest BCUT2D eigenvalue weighted by Gasteiger charge is -2.38. The van der Waals surface area contributed by atoms with Gasteiger partial charge in [-0.05, 0) is 71.3 Å². The van der Waals surface area contributed by atoms with Gasteiger partial charge in [0.05, 0.1) is 6.04 Å². The Morgan fingerprint density at radius 1 is 1.00 bits per heavy atom. The average Bonchev–Trinajstić information content (AvgIpc) is 3.29. The summed E-state index contributed by atoms with van der Waals surface area (Å²) in [5.41, 5.74) is 5.87. The van der Waals surface area contributed by atoms with Crippen LogP contribution in [-0.2, 0) is 5.41 Å². The van der Waals surface area contributed by atoms with Crippen LogP contribution in [0.3, 0.4) is 0 Å². The van der Waals surface area contributed by atoms with Crippen molar-refractivity contribution >= 4 is 40.5 Å². The van der Waals surface area contributed by atoms with Crippen LogP contribution in [0.5, 0.6) is 0 Å². The smallest absolute Gasteiger partial charge is 0.255 e. The molecule has 0 fully saturated rings. The van der Waals surface area contributed by atoms with E-state index >= 15 is 0 Å². The minimum Gasteiger partial charge on any atom is -0.378 e. The van der Waals surface area contributed by atoms with Crippen LogP contribution in [0.1, 0.15) is 66.2 Å². The molecule has 2 N–H and O–H groups in total. The van der Waals surface area contributed by atoms with Gasteiger partial charge in [-0.1, -0.05) is 74.3 Å². The largest absolute Gasteiger partial charge is 0.378 e. The van der Waals surface area contributed by atoms with Crippen molar-refractivity contribution in [2.75, 3.05) is 10.6 Å². The summed E-state index contributed by atoms with van der Waals surface area (Å²) in [5, 5.41) is 8.11. The quantitative estimate of drug-likeness (QED) is 0.362. The SMILES string of the molecule is CC(C)(C)c1ccc(C(=O)Nc2ccc3c(c2)C2C=CCC2C(c2c(Cl)cccc2Cl)N3)cc1. The summed E-state index contributed by atoms with van der Waals surface area (Å²) < 4.78 is 0. The number of nitrogens with one attached hydrogen (secondary N) is 2. The summed E-state index contributed by atoms with van der Waals surface area (Å²) in [5.74, 6) is 0.431. The van der Waals surface area contributed by atoms with E-state index in [1.54, 1.807) is 0 Å². The summed E-state index contributed by atoms with van der Waals surface area (Å²) in [6, 6.07) is 19.6. The normalized spacial score (nSPS) is 20.9. The fraction of sp³-hybridized carbons (Fsp3) is 0.276. The summed E-state index contributed by atoms with van der Waals surface area (Å²) in [7, 11) is 0. The number of fused-ring (bicyclic) bond motifs is 3. The van der Waals surface area contributed by atoms with Crippen molar-refractivity contribution in [2.24, 2.45) is 5.92 Å². The molecule has 0 saturated heterocycles. The molecular weight excluding hydrogens is 463 g/mol. The van der Waals surface area contributed by atoms with E-state index in [0.717, 1.165) is 23.4 Å². The first-order chi connectivity index (χ1) is 16.2. The van der Waals surface area contributed by atoms with Crippen molar-refractivity contribution < 1.29 is 4.79 Å². The molecule has 34 heavy (non-hydrogen) atoms. The lowest BCUT2D eigenvalue weighted by molar-refractivity contribution is 0.102. The second-order valence-corrected chi connectivity index (χ2v) is 11.0. The Bertz CT molecular complexity index is 1250. The monoisotopic (exact) mass is 490 g/mol. The molecule has 0 radical (unpaired) electrons. The molecule has 0 saturated carbocycles.